The van der Waals surface area contributed by atoms with Crippen LogP contribution in [0.15, 0.2) is 0 Å². The number of rotatable bonds is 32. The van der Waals surface area contributed by atoms with Crippen molar-refractivity contribution in [3.8, 4) is 0 Å². The average Bonchev–Trinajstić information content (AvgIpc) is 2.97. The normalized spacial score (nSPS) is 14.0. The van der Waals surface area contributed by atoms with Crippen molar-refractivity contribution < 1.29 is 5.15 Å². The first kappa shape index (κ1) is 43.8. The predicted molar refractivity (Wildman–Crippen MR) is 219 cm³/mol. The summed E-state index contributed by atoms with van der Waals surface area (Å²) in [7, 11) is 0. The standard InChI is InChI=1S/2C18H39P.2HI.Ni/c2*1-4-7-10-13-16-19(17-14-11-8-5-2)18-15-12-9-6-3;;;/h2*4-18H2,1-3H3;2*1H;. The molecule has 0 spiro atoms. The summed E-state index contributed by atoms with van der Waals surface area (Å²) in [5, 5.41) is -0.744. The molecule has 0 heterocycles. The van der Waals surface area contributed by atoms with Crippen molar-refractivity contribution in [2.45, 2.75) is 196 Å². The Morgan fingerprint density at radius 3 is 0.610 bits per heavy atom. The molecule has 0 aliphatic carbocycles. The Morgan fingerprint density at radius 2 is 0.463 bits per heavy atom. The topological polar surface area (TPSA) is 0 Å². The van der Waals surface area contributed by atoms with Gasteiger partial charge in [-0.3, -0.25) is 0 Å². The summed E-state index contributed by atoms with van der Waals surface area (Å²) in [6, 6.07) is -2.77. The van der Waals surface area contributed by atoms with Crippen molar-refractivity contribution in [2.24, 2.45) is 0 Å². The number of unbranched alkanes of at least 4 members (excludes halogenated alkanes) is 18. The van der Waals surface area contributed by atoms with Crippen LogP contribution in [0.4, 0.5) is 0 Å². The van der Waals surface area contributed by atoms with E-state index >= 15 is 0 Å². The van der Waals surface area contributed by atoms with E-state index in [1.807, 2.05) is 0 Å². The van der Waals surface area contributed by atoms with E-state index in [2.05, 4.69) is 82.5 Å². The minimum absolute atomic E-state index is 0.744. The molecule has 0 nitrogen and oxygen atoms in total. The summed E-state index contributed by atoms with van der Waals surface area (Å²) >= 11 is 6.75. The third-order valence-corrected chi connectivity index (χ3v) is 75.1. The van der Waals surface area contributed by atoms with Crippen LogP contribution in [-0.2, 0) is 5.15 Å². The zero-order valence-electron chi connectivity index (χ0n) is 29.3. The van der Waals surface area contributed by atoms with E-state index in [-0.39, 0.29) is 0 Å². The Kier molecular flexibility index (Phi) is 31.0. The van der Waals surface area contributed by atoms with Crippen molar-refractivity contribution in [3.63, 3.8) is 0 Å². The second-order valence-electron chi connectivity index (χ2n) is 13.4. The fraction of sp³-hybridized carbons (Fsp3) is 1.00. The molecule has 0 rings (SSSR count). The quantitative estimate of drug-likeness (QED) is 0.0273. The van der Waals surface area contributed by atoms with Crippen LogP contribution >= 0.6 is 53.0 Å². The Balaban J connectivity index is 6.63. The van der Waals surface area contributed by atoms with Gasteiger partial charge in [0, 0.05) is 0 Å². The van der Waals surface area contributed by atoms with E-state index in [1.54, 1.807) is 75.5 Å². The van der Waals surface area contributed by atoms with Crippen LogP contribution in [0.1, 0.15) is 196 Å². The molecule has 0 aliphatic rings. The Labute approximate surface area is 288 Å². The monoisotopic (exact) mass is 886 g/mol. The van der Waals surface area contributed by atoms with E-state index in [4.69, 9.17) is 0 Å². The molecule has 0 aromatic carbocycles. The third-order valence-electron chi connectivity index (χ3n) is 9.62. The van der Waals surface area contributed by atoms with Crippen molar-refractivity contribution in [3.05, 3.63) is 0 Å². The maximum atomic E-state index is 3.38. The molecule has 0 radical (unpaired) electrons. The first-order chi connectivity index (χ1) is 19.9. The van der Waals surface area contributed by atoms with Gasteiger partial charge in [0.15, 0.2) is 0 Å². The fourth-order valence-electron chi connectivity index (χ4n) is 6.85. The van der Waals surface area contributed by atoms with Crippen LogP contribution < -0.4 is 0 Å². The molecule has 0 N–H and O–H groups in total. The third kappa shape index (κ3) is 18.1. The van der Waals surface area contributed by atoms with Gasteiger partial charge in [0.05, 0.1) is 0 Å². The van der Waals surface area contributed by atoms with E-state index < -0.39 is 17.2 Å². The summed E-state index contributed by atoms with van der Waals surface area (Å²) in [5.74, 6) is 0. The molecule has 0 aromatic rings. The van der Waals surface area contributed by atoms with Gasteiger partial charge in [0.25, 0.3) is 0 Å². The van der Waals surface area contributed by atoms with Gasteiger partial charge < -0.3 is 0 Å². The zero-order chi connectivity index (χ0) is 30.7. The zero-order valence-corrected chi connectivity index (χ0v) is 36.6. The molecule has 5 heteroatoms. The summed E-state index contributed by atoms with van der Waals surface area (Å²) in [6.07, 6.45) is 45.8. The molecule has 0 atom stereocenters. The Bertz CT molecular complexity index is 449. The van der Waals surface area contributed by atoms with Gasteiger partial charge in [-0.1, -0.05) is 0 Å². The second kappa shape index (κ2) is 29.0. The van der Waals surface area contributed by atoms with Gasteiger partial charge in [-0.05, 0) is 0 Å². The molecule has 0 aliphatic heterocycles. The summed E-state index contributed by atoms with van der Waals surface area (Å²) in [6.45, 7) is 14.5. The van der Waals surface area contributed by atoms with Crippen molar-refractivity contribution >= 4 is 53.0 Å². The molecule has 258 valence electrons. The first-order valence-corrected chi connectivity index (χ1v) is 33.1. The van der Waals surface area contributed by atoms with Gasteiger partial charge in [-0.2, -0.15) is 0 Å². The van der Waals surface area contributed by atoms with Gasteiger partial charge in [-0.15, -0.1) is 0 Å². The summed E-state index contributed by atoms with van der Waals surface area (Å²) < 4.78 is 0. The van der Waals surface area contributed by atoms with Crippen molar-refractivity contribution in [1.82, 2.24) is 0 Å². The molecule has 0 saturated carbocycles. The predicted octanol–water partition coefficient (Wildman–Crippen LogP) is 15.7. The number of halogens is 2. The maximum absolute atomic E-state index is 3.38. The molecule has 0 amide bonds. The van der Waals surface area contributed by atoms with Crippen LogP contribution in [0.25, 0.3) is 0 Å². The van der Waals surface area contributed by atoms with E-state index in [1.165, 1.54) is 116 Å². The van der Waals surface area contributed by atoms with Crippen LogP contribution in [0, 0.1) is 0 Å². The van der Waals surface area contributed by atoms with E-state index in [9.17, 15) is 0 Å². The fourth-order valence-corrected chi connectivity index (χ4v) is 67.5. The Morgan fingerprint density at radius 1 is 0.293 bits per heavy atom. The summed E-state index contributed by atoms with van der Waals surface area (Å²) in [5.41, 5.74) is 0. The summed E-state index contributed by atoms with van der Waals surface area (Å²) in [4.78, 5) is 0. The van der Waals surface area contributed by atoms with Crippen LogP contribution in [0.2, 0.25) is 0 Å². The minimum atomic E-state index is -1.39. The number of hydrogen-bond acceptors (Lipinski definition) is 0. The van der Waals surface area contributed by atoms with Crippen molar-refractivity contribution in [2.75, 3.05) is 37.0 Å². The first-order valence-electron chi connectivity index (χ1n) is 18.9. The average molecular weight is 887 g/mol. The number of hydrogen-bond donors (Lipinski definition) is 0. The second-order valence-corrected chi connectivity index (χ2v) is 57.8. The molecule has 0 unspecified atom stereocenters. The van der Waals surface area contributed by atoms with Gasteiger partial charge in [-0.25, -0.2) is 0 Å². The molecule has 0 bridgehead atoms. The van der Waals surface area contributed by atoms with E-state index in [0.717, 1.165) is 0 Å². The molecular weight excluding hydrogens is 807 g/mol. The molecular formula is C36H80I2NiP2. The molecule has 0 saturated heterocycles. The SMILES string of the molecule is CCCCCC[PH](CCCCCC)(CCCCCC)[Ni]([I])([I])[PH](CCCCCC)(CCCCCC)CCCCCC. The molecule has 41 heavy (non-hydrogen) atoms. The van der Waals surface area contributed by atoms with Gasteiger partial charge in [0.2, 0.25) is 0 Å². The van der Waals surface area contributed by atoms with Gasteiger partial charge in [0.1, 0.15) is 0 Å². The van der Waals surface area contributed by atoms with Crippen LogP contribution in [0.3, 0.4) is 0 Å². The molecule has 0 aromatic heterocycles. The van der Waals surface area contributed by atoms with E-state index in [0.29, 0.717) is 0 Å². The van der Waals surface area contributed by atoms with Crippen LogP contribution in [-0.4, -0.2) is 37.0 Å². The Hall–Kier alpha value is 2.81. The van der Waals surface area contributed by atoms with Gasteiger partial charge >= 0.3 is 291 Å². The molecule has 0 fully saturated rings. The van der Waals surface area contributed by atoms with Crippen LogP contribution in [0.5, 0.6) is 0 Å². The van der Waals surface area contributed by atoms with Crippen molar-refractivity contribution in [1.29, 1.82) is 0 Å².